The van der Waals surface area contributed by atoms with Crippen molar-refractivity contribution in [2.75, 3.05) is 7.11 Å². The molecular weight excluding hydrogens is 348 g/mol. The Balaban J connectivity index is 1.94. The topological polar surface area (TPSA) is 108 Å². The van der Waals surface area contributed by atoms with Crippen molar-refractivity contribution in [2.24, 2.45) is 5.73 Å². The Labute approximate surface area is 157 Å². The van der Waals surface area contributed by atoms with Crippen molar-refractivity contribution >= 4 is 17.8 Å². The van der Waals surface area contributed by atoms with Gasteiger partial charge in [0.25, 0.3) is 5.91 Å². The van der Waals surface area contributed by atoms with Gasteiger partial charge in [0, 0.05) is 7.11 Å². The maximum atomic E-state index is 12.5. The molecule has 2 atom stereocenters. The van der Waals surface area contributed by atoms with Gasteiger partial charge in [-0.2, -0.15) is 0 Å². The number of hydrogen-bond acceptors (Lipinski definition) is 5. The van der Waals surface area contributed by atoms with Gasteiger partial charge >= 0.3 is 5.97 Å². The minimum Gasteiger partial charge on any atom is -0.461 e. The van der Waals surface area contributed by atoms with E-state index < -0.39 is 29.9 Å². The zero-order valence-corrected chi connectivity index (χ0v) is 15.0. The summed E-state index contributed by atoms with van der Waals surface area (Å²) in [4.78, 5) is 36.1. The number of nitrogens with two attached hydrogens (primary N) is 1. The first-order valence-electron chi connectivity index (χ1n) is 8.38. The van der Waals surface area contributed by atoms with Crippen molar-refractivity contribution in [3.8, 4) is 0 Å². The molecule has 0 aliphatic heterocycles. The Morgan fingerprint density at radius 3 is 2.15 bits per heavy atom. The largest absolute Gasteiger partial charge is 0.461 e. The number of esters is 1. The van der Waals surface area contributed by atoms with Crippen LogP contribution in [-0.4, -0.2) is 30.9 Å². The Morgan fingerprint density at radius 2 is 1.59 bits per heavy atom. The van der Waals surface area contributed by atoms with Crippen LogP contribution in [0, 0.1) is 0 Å². The second kappa shape index (κ2) is 10.1. The lowest BCUT2D eigenvalue weighted by Gasteiger charge is -2.20. The van der Waals surface area contributed by atoms with E-state index in [9.17, 15) is 14.4 Å². The number of rotatable bonds is 9. The lowest BCUT2D eigenvalue weighted by molar-refractivity contribution is -0.147. The summed E-state index contributed by atoms with van der Waals surface area (Å²) in [6, 6.07) is 16.7. The second-order valence-electron chi connectivity index (χ2n) is 5.84. The normalized spacial score (nSPS) is 12.6. The van der Waals surface area contributed by atoms with Crippen LogP contribution in [0.4, 0.5) is 0 Å². The molecule has 2 amide bonds. The van der Waals surface area contributed by atoms with Crippen molar-refractivity contribution in [1.29, 1.82) is 0 Å². The third-order valence-electron chi connectivity index (χ3n) is 3.85. The third kappa shape index (κ3) is 6.23. The summed E-state index contributed by atoms with van der Waals surface area (Å²) in [5.74, 6) is -2.04. The number of carbonyl (C=O) groups is 3. The van der Waals surface area contributed by atoms with Crippen molar-refractivity contribution in [2.45, 2.75) is 25.2 Å². The average molecular weight is 370 g/mol. The van der Waals surface area contributed by atoms with Gasteiger partial charge in [0.15, 0.2) is 6.10 Å². The lowest BCUT2D eigenvalue weighted by Crippen LogP contribution is -2.47. The molecule has 2 rings (SSSR count). The van der Waals surface area contributed by atoms with Crippen LogP contribution >= 0.6 is 0 Å². The molecule has 0 radical (unpaired) electrons. The molecule has 27 heavy (non-hydrogen) atoms. The van der Waals surface area contributed by atoms with Crippen molar-refractivity contribution in [3.63, 3.8) is 0 Å². The number of nitrogens with one attached hydrogen (secondary N) is 1. The summed E-state index contributed by atoms with van der Waals surface area (Å²) in [6.45, 7) is 0.0732. The van der Waals surface area contributed by atoms with E-state index in [0.29, 0.717) is 5.56 Å². The number of primary amides is 1. The molecule has 2 aromatic carbocycles. The standard InChI is InChI=1S/C20H22N2O5/c1-26-18(15-10-6-3-7-11-15)20(25)22-16(19(21)24)12-17(23)27-13-14-8-4-2-5-9-14/h2-11,16,18H,12-13H2,1H3,(H2,21,24)(H,22,25)/t16-,18-/m0/s1. The first kappa shape index (κ1) is 20.1. The van der Waals surface area contributed by atoms with E-state index in [1.165, 1.54) is 7.11 Å². The first-order chi connectivity index (χ1) is 13.0. The van der Waals surface area contributed by atoms with E-state index in [1.54, 1.807) is 24.3 Å². The molecule has 3 N–H and O–H groups in total. The van der Waals surface area contributed by atoms with Gasteiger partial charge in [-0.05, 0) is 11.1 Å². The van der Waals surface area contributed by atoms with E-state index in [0.717, 1.165) is 5.56 Å². The molecule has 0 fully saturated rings. The van der Waals surface area contributed by atoms with Crippen molar-refractivity contribution in [3.05, 3.63) is 71.8 Å². The van der Waals surface area contributed by atoms with E-state index >= 15 is 0 Å². The number of carbonyl (C=O) groups excluding carboxylic acids is 3. The number of amides is 2. The number of hydrogen-bond donors (Lipinski definition) is 2. The molecule has 0 heterocycles. The SMILES string of the molecule is CO[C@H](C(=O)N[C@@H](CC(=O)OCc1ccccc1)C(N)=O)c1ccccc1. The van der Waals surface area contributed by atoms with Gasteiger partial charge in [0.05, 0.1) is 6.42 Å². The zero-order valence-electron chi connectivity index (χ0n) is 15.0. The van der Waals surface area contributed by atoms with Gasteiger partial charge in [-0.25, -0.2) is 0 Å². The van der Waals surface area contributed by atoms with Crippen LogP contribution < -0.4 is 11.1 Å². The maximum Gasteiger partial charge on any atom is 0.308 e. The minimum absolute atomic E-state index is 0.0732. The molecule has 0 saturated heterocycles. The fraction of sp³-hybridized carbons (Fsp3) is 0.250. The summed E-state index contributed by atoms with van der Waals surface area (Å²) in [5.41, 5.74) is 6.75. The van der Waals surface area contributed by atoms with Crippen LogP contribution in [0.3, 0.4) is 0 Å². The number of methoxy groups -OCH3 is 1. The molecular formula is C20H22N2O5. The lowest BCUT2D eigenvalue weighted by atomic mass is 10.1. The fourth-order valence-corrected chi connectivity index (χ4v) is 2.46. The zero-order chi connectivity index (χ0) is 19.6. The highest BCUT2D eigenvalue weighted by molar-refractivity contribution is 5.91. The molecule has 0 aromatic heterocycles. The molecule has 0 aliphatic rings. The van der Waals surface area contributed by atoms with Gasteiger partial charge in [-0.15, -0.1) is 0 Å². The van der Waals surface area contributed by atoms with Gasteiger partial charge < -0.3 is 20.5 Å². The van der Waals surface area contributed by atoms with Crippen LogP contribution in [-0.2, 0) is 30.5 Å². The van der Waals surface area contributed by atoms with Crippen molar-refractivity contribution < 1.29 is 23.9 Å². The quantitative estimate of drug-likeness (QED) is 0.650. The van der Waals surface area contributed by atoms with Crippen LogP contribution in [0.15, 0.2) is 60.7 Å². The monoisotopic (exact) mass is 370 g/mol. The van der Waals surface area contributed by atoms with E-state index in [1.807, 2.05) is 36.4 Å². The highest BCUT2D eigenvalue weighted by Crippen LogP contribution is 2.16. The highest BCUT2D eigenvalue weighted by atomic mass is 16.5. The Morgan fingerprint density at radius 1 is 1.00 bits per heavy atom. The predicted octanol–water partition coefficient (Wildman–Crippen LogP) is 1.48. The number of benzene rings is 2. The van der Waals surface area contributed by atoms with Crippen LogP contribution in [0.5, 0.6) is 0 Å². The Bertz CT molecular complexity index is 764. The van der Waals surface area contributed by atoms with Gasteiger partial charge in [0.2, 0.25) is 5.91 Å². The minimum atomic E-state index is -1.19. The summed E-state index contributed by atoms with van der Waals surface area (Å²) < 4.78 is 10.3. The Hall–Kier alpha value is -3.19. The van der Waals surface area contributed by atoms with Crippen LogP contribution in [0.2, 0.25) is 0 Å². The Kier molecular flexibility index (Phi) is 7.51. The molecule has 0 aliphatic carbocycles. The fourth-order valence-electron chi connectivity index (χ4n) is 2.46. The van der Waals surface area contributed by atoms with Gasteiger partial charge in [-0.3, -0.25) is 14.4 Å². The molecule has 2 aromatic rings. The van der Waals surface area contributed by atoms with Gasteiger partial charge in [-0.1, -0.05) is 60.7 Å². The molecule has 0 unspecified atom stereocenters. The maximum absolute atomic E-state index is 12.5. The summed E-state index contributed by atoms with van der Waals surface area (Å²) >= 11 is 0. The van der Waals surface area contributed by atoms with Crippen molar-refractivity contribution in [1.82, 2.24) is 5.32 Å². The van der Waals surface area contributed by atoms with E-state index in [-0.39, 0.29) is 13.0 Å². The van der Waals surface area contributed by atoms with Gasteiger partial charge in [0.1, 0.15) is 12.6 Å². The second-order valence-corrected chi connectivity index (χ2v) is 5.84. The first-order valence-corrected chi connectivity index (χ1v) is 8.38. The third-order valence-corrected chi connectivity index (χ3v) is 3.85. The smallest absolute Gasteiger partial charge is 0.308 e. The molecule has 7 nitrogen and oxygen atoms in total. The van der Waals surface area contributed by atoms with Crippen LogP contribution in [0.25, 0.3) is 0 Å². The summed E-state index contributed by atoms with van der Waals surface area (Å²) in [5, 5.41) is 2.46. The number of ether oxygens (including phenoxy) is 2. The average Bonchev–Trinajstić information content (AvgIpc) is 2.68. The summed E-state index contributed by atoms with van der Waals surface area (Å²) in [6.07, 6.45) is -1.28. The molecule has 0 bridgehead atoms. The molecule has 0 spiro atoms. The van der Waals surface area contributed by atoms with E-state index in [2.05, 4.69) is 5.32 Å². The molecule has 142 valence electrons. The van der Waals surface area contributed by atoms with Crippen LogP contribution in [0.1, 0.15) is 23.7 Å². The van der Waals surface area contributed by atoms with E-state index in [4.69, 9.17) is 15.2 Å². The predicted molar refractivity (Wildman–Crippen MR) is 98.2 cm³/mol. The molecule has 7 heteroatoms. The summed E-state index contributed by atoms with van der Waals surface area (Å²) in [7, 11) is 1.38. The molecule has 0 saturated carbocycles. The highest BCUT2D eigenvalue weighted by Gasteiger charge is 2.27.